The molecule has 1 fully saturated rings. The van der Waals surface area contributed by atoms with Crippen LogP contribution in [-0.2, 0) is 12.0 Å². The maximum absolute atomic E-state index is 13.6. The van der Waals surface area contributed by atoms with Crippen molar-refractivity contribution in [1.29, 1.82) is 0 Å². The molecule has 4 heterocycles. The zero-order chi connectivity index (χ0) is 26.1. The fraction of sp³-hybridized carbons (Fsp3) is 0.345. The number of likely N-dealkylation sites (tertiary alicyclic amines) is 1. The summed E-state index contributed by atoms with van der Waals surface area (Å²) in [6, 6.07) is 17.7. The van der Waals surface area contributed by atoms with Crippen LogP contribution in [0.2, 0.25) is 0 Å². The highest BCUT2D eigenvalue weighted by Gasteiger charge is 2.51. The molecule has 4 aromatic rings. The summed E-state index contributed by atoms with van der Waals surface area (Å²) in [4.78, 5) is 21.8. The maximum atomic E-state index is 13.6. The van der Waals surface area contributed by atoms with Crippen molar-refractivity contribution in [3.05, 3.63) is 71.2 Å². The average molecular weight is 533 g/mol. The van der Waals surface area contributed by atoms with Gasteiger partial charge in [-0.3, -0.25) is 10.2 Å². The number of amides is 2. The molecular weight excluding hydrogens is 500 g/mol. The van der Waals surface area contributed by atoms with Gasteiger partial charge in [0, 0.05) is 42.8 Å². The predicted molar refractivity (Wildman–Crippen MR) is 150 cm³/mol. The van der Waals surface area contributed by atoms with Crippen LogP contribution in [0.4, 0.5) is 9.80 Å². The molecule has 6 rings (SSSR count). The number of benzene rings is 2. The van der Waals surface area contributed by atoms with E-state index in [2.05, 4.69) is 27.3 Å². The highest BCUT2D eigenvalue weighted by Crippen LogP contribution is 2.45. The lowest BCUT2D eigenvalue weighted by Gasteiger charge is -2.44. The fourth-order valence-corrected chi connectivity index (χ4v) is 6.46. The molecule has 198 valence electrons. The van der Waals surface area contributed by atoms with Gasteiger partial charge in [-0.05, 0) is 78.4 Å². The van der Waals surface area contributed by atoms with Crippen molar-refractivity contribution in [2.45, 2.75) is 18.4 Å². The summed E-state index contributed by atoms with van der Waals surface area (Å²) in [6.07, 6.45) is 1.65. The third-order valence-corrected chi connectivity index (χ3v) is 8.52. The number of aromatic nitrogens is 1. The number of H-pyrrole nitrogens is 1. The Morgan fingerprint density at radius 1 is 1.05 bits per heavy atom. The standard InChI is InChI=1S/C29H32N4O4S/c1-35-20-5-7-21(8-6-20)37-16-15-32-14-12-29(19-32)27-23(24-18-22(36-2)9-10-25(24)30-27)11-13-33(29)28(34)31-26-4-3-17-38-26/h3-10,17-18,30H,11-16,19H2,1-2H3,(H,31,34). The van der Waals surface area contributed by atoms with Crippen LogP contribution in [0.15, 0.2) is 60.0 Å². The van der Waals surface area contributed by atoms with E-state index < -0.39 is 5.54 Å². The van der Waals surface area contributed by atoms with Gasteiger partial charge in [-0.1, -0.05) is 0 Å². The van der Waals surface area contributed by atoms with Crippen LogP contribution in [0.25, 0.3) is 10.9 Å². The van der Waals surface area contributed by atoms with E-state index in [0.29, 0.717) is 13.2 Å². The molecule has 38 heavy (non-hydrogen) atoms. The van der Waals surface area contributed by atoms with Crippen LogP contribution in [0.3, 0.4) is 0 Å². The van der Waals surface area contributed by atoms with Crippen molar-refractivity contribution >= 4 is 33.3 Å². The summed E-state index contributed by atoms with van der Waals surface area (Å²) in [6.45, 7) is 3.63. The lowest BCUT2D eigenvalue weighted by molar-refractivity contribution is 0.108. The Bertz CT molecular complexity index is 1420. The number of methoxy groups -OCH3 is 2. The van der Waals surface area contributed by atoms with Crippen LogP contribution in [0.5, 0.6) is 17.2 Å². The van der Waals surface area contributed by atoms with Crippen molar-refractivity contribution in [2.75, 3.05) is 52.3 Å². The van der Waals surface area contributed by atoms with Crippen molar-refractivity contribution in [3.8, 4) is 17.2 Å². The van der Waals surface area contributed by atoms with Crippen molar-refractivity contribution in [1.82, 2.24) is 14.8 Å². The summed E-state index contributed by atoms with van der Waals surface area (Å²) < 4.78 is 16.8. The Hall–Kier alpha value is -3.69. The first-order valence-electron chi connectivity index (χ1n) is 12.9. The SMILES string of the molecule is COc1ccc(OCCN2CCC3(C2)c2[nH]c4ccc(OC)cc4c2CCN3C(=O)Nc2cccs2)cc1. The van der Waals surface area contributed by atoms with Gasteiger partial charge in [0.15, 0.2) is 0 Å². The lowest BCUT2D eigenvalue weighted by atomic mass is 9.84. The van der Waals surface area contributed by atoms with E-state index in [1.165, 1.54) is 22.3 Å². The average Bonchev–Trinajstić information content (AvgIpc) is 3.69. The first kappa shape index (κ1) is 24.6. The number of nitrogens with one attached hydrogen (secondary N) is 2. The number of carbonyl (C=O) groups excluding carboxylic acids is 1. The number of urea groups is 1. The molecule has 8 nitrogen and oxygen atoms in total. The number of hydrogen-bond acceptors (Lipinski definition) is 6. The van der Waals surface area contributed by atoms with E-state index in [0.717, 1.165) is 65.9 Å². The van der Waals surface area contributed by atoms with Gasteiger partial charge in [0.2, 0.25) is 0 Å². The third-order valence-electron chi connectivity index (χ3n) is 7.74. The Morgan fingerprint density at radius 3 is 2.61 bits per heavy atom. The van der Waals surface area contributed by atoms with Gasteiger partial charge in [0.05, 0.1) is 24.8 Å². The van der Waals surface area contributed by atoms with E-state index in [1.807, 2.05) is 52.7 Å². The molecular formula is C29H32N4O4S. The molecule has 9 heteroatoms. The smallest absolute Gasteiger partial charge is 0.323 e. The summed E-state index contributed by atoms with van der Waals surface area (Å²) in [5, 5.41) is 7.15. The third kappa shape index (κ3) is 4.46. The molecule has 1 spiro atoms. The van der Waals surface area contributed by atoms with Crippen LogP contribution in [0, 0.1) is 0 Å². The number of rotatable bonds is 7. The zero-order valence-corrected chi connectivity index (χ0v) is 22.5. The first-order valence-corrected chi connectivity index (χ1v) is 13.8. The molecule has 1 atom stereocenters. The van der Waals surface area contributed by atoms with Gasteiger partial charge in [0.25, 0.3) is 0 Å². The first-order chi connectivity index (χ1) is 18.6. The van der Waals surface area contributed by atoms with Gasteiger partial charge in [-0.15, -0.1) is 11.3 Å². The normalized spacial score (nSPS) is 19.1. The Kier molecular flexibility index (Phi) is 6.63. The second kappa shape index (κ2) is 10.2. The molecule has 2 aromatic carbocycles. The predicted octanol–water partition coefficient (Wildman–Crippen LogP) is 5.32. The molecule has 0 aliphatic carbocycles. The largest absolute Gasteiger partial charge is 0.497 e. The van der Waals surface area contributed by atoms with Crippen LogP contribution in [0.1, 0.15) is 17.7 Å². The van der Waals surface area contributed by atoms with Gasteiger partial charge in [-0.2, -0.15) is 0 Å². The molecule has 0 radical (unpaired) electrons. The molecule has 2 aliphatic rings. The molecule has 2 aromatic heterocycles. The second-order valence-electron chi connectivity index (χ2n) is 9.78. The van der Waals surface area contributed by atoms with Crippen molar-refractivity contribution in [3.63, 3.8) is 0 Å². The lowest BCUT2D eigenvalue weighted by Crippen LogP contribution is -2.56. The summed E-state index contributed by atoms with van der Waals surface area (Å²) in [7, 11) is 3.35. The molecule has 2 N–H and O–H groups in total. The highest BCUT2D eigenvalue weighted by molar-refractivity contribution is 7.14. The summed E-state index contributed by atoms with van der Waals surface area (Å²) in [5.41, 5.74) is 3.07. The number of fused-ring (bicyclic) bond motifs is 4. The topological polar surface area (TPSA) is 79.1 Å². The van der Waals surface area contributed by atoms with Crippen LogP contribution in [-0.4, -0.2) is 67.8 Å². The number of carbonyl (C=O) groups is 1. The molecule has 2 aliphatic heterocycles. The number of nitrogens with zero attached hydrogens (tertiary/aromatic N) is 2. The number of ether oxygens (including phenoxy) is 3. The number of anilines is 1. The van der Waals surface area contributed by atoms with Crippen molar-refractivity contribution in [2.24, 2.45) is 0 Å². The Morgan fingerprint density at radius 2 is 1.84 bits per heavy atom. The monoisotopic (exact) mass is 532 g/mol. The number of thiophene rings is 1. The minimum Gasteiger partial charge on any atom is -0.497 e. The maximum Gasteiger partial charge on any atom is 0.323 e. The second-order valence-corrected chi connectivity index (χ2v) is 10.7. The molecule has 1 unspecified atom stereocenters. The van der Waals surface area contributed by atoms with Crippen molar-refractivity contribution < 1.29 is 19.0 Å². The van der Waals surface area contributed by atoms with E-state index in [-0.39, 0.29) is 6.03 Å². The minimum atomic E-state index is -0.443. The Balaban J connectivity index is 1.26. The molecule has 1 saturated heterocycles. The van der Waals surface area contributed by atoms with Gasteiger partial charge < -0.3 is 24.1 Å². The fourth-order valence-electron chi connectivity index (χ4n) is 5.85. The van der Waals surface area contributed by atoms with Gasteiger partial charge >= 0.3 is 6.03 Å². The highest BCUT2D eigenvalue weighted by atomic mass is 32.1. The quantitative estimate of drug-likeness (QED) is 0.337. The van der Waals surface area contributed by atoms with E-state index in [4.69, 9.17) is 14.2 Å². The molecule has 0 bridgehead atoms. The zero-order valence-electron chi connectivity index (χ0n) is 21.7. The minimum absolute atomic E-state index is 0.0503. The number of aromatic amines is 1. The van der Waals surface area contributed by atoms with Crippen LogP contribution >= 0.6 is 11.3 Å². The van der Waals surface area contributed by atoms with Gasteiger partial charge in [-0.25, -0.2) is 4.79 Å². The summed E-state index contributed by atoms with van der Waals surface area (Å²) >= 11 is 1.54. The summed E-state index contributed by atoms with van der Waals surface area (Å²) in [5.74, 6) is 2.47. The van der Waals surface area contributed by atoms with E-state index >= 15 is 0 Å². The Labute approximate surface area is 226 Å². The molecule has 0 saturated carbocycles. The van der Waals surface area contributed by atoms with Gasteiger partial charge in [0.1, 0.15) is 23.9 Å². The van der Waals surface area contributed by atoms with E-state index in [9.17, 15) is 4.79 Å². The van der Waals surface area contributed by atoms with E-state index in [1.54, 1.807) is 14.2 Å². The van der Waals surface area contributed by atoms with Crippen LogP contribution < -0.4 is 19.5 Å². The number of hydrogen-bond donors (Lipinski definition) is 2. The molecule has 2 amide bonds.